The van der Waals surface area contributed by atoms with E-state index in [-0.39, 0.29) is 11.0 Å². The Hall–Kier alpha value is -3.24. The summed E-state index contributed by atoms with van der Waals surface area (Å²) in [6, 6.07) is 23.2. The lowest BCUT2D eigenvalue weighted by Crippen LogP contribution is -2.12. The molecule has 2 aromatic heterocycles. The summed E-state index contributed by atoms with van der Waals surface area (Å²) in [7, 11) is 0. The van der Waals surface area contributed by atoms with Gasteiger partial charge in [0.15, 0.2) is 0 Å². The number of nitrogens with zero attached hydrogens (tertiary/aromatic N) is 1. The van der Waals surface area contributed by atoms with Gasteiger partial charge in [0.05, 0.1) is 5.39 Å². The number of hydrogen-bond acceptors (Lipinski definition) is 3. The highest BCUT2D eigenvalue weighted by Gasteiger charge is 2.18. The second-order valence-electron chi connectivity index (χ2n) is 9.37. The van der Waals surface area contributed by atoms with Crippen molar-refractivity contribution in [3.05, 3.63) is 98.9 Å². The largest absolute Gasteiger partial charge is 0.310 e. The number of rotatable bonds is 3. The molecule has 0 aliphatic carbocycles. The third-order valence-electron chi connectivity index (χ3n) is 6.06. The zero-order valence-corrected chi connectivity index (χ0v) is 19.6. The average Bonchev–Trinajstić information content (AvgIpc) is 3.10. The van der Waals surface area contributed by atoms with Crippen molar-refractivity contribution in [1.82, 2.24) is 9.97 Å². The average molecular weight is 439 g/mol. The molecule has 4 heteroatoms. The van der Waals surface area contributed by atoms with Crippen LogP contribution in [0.1, 0.15) is 42.6 Å². The van der Waals surface area contributed by atoms with E-state index in [1.165, 1.54) is 16.3 Å². The molecule has 0 atom stereocenters. The number of fused-ring (bicyclic) bond motifs is 2. The molecule has 0 fully saturated rings. The fourth-order valence-electron chi connectivity index (χ4n) is 4.36. The Bertz CT molecular complexity index is 1500. The van der Waals surface area contributed by atoms with Gasteiger partial charge in [0.2, 0.25) is 0 Å². The van der Waals surface area contributed by atoms with Gasteiger partial charge in [0, 0.05) is 16.9 Å². The smallest absolute Gasteiger partial charge is 0.260 e. The summed E-state index contributed by atoms with van der Waals surface area (Å²) in [5.74, 6) is 0.703. The van der Waals surface area contributed by atoms with Crippen LogP contribution in [-0.2, 0) is 11.8 Å². The van der Waals surface area contributed by atoms with Crippen LogP contribution < -0.4 is 5.56 Å². The summed E-state index contributed by atoms with van der Waals surface area (Å²) in [6.45, 7) is 8.70. The maximum Gasteiger partial charge on any atom is 0.260 e. The van der Waals surface area contributed by atoms with Crippen molar-refractivity contribution in [2.75, 3.05) is 0 Å². The molecule has 0 aliphatic rings. The van der Waals surface area contributed by atoms with Gasteiger partial charge in [0.25, 0.3) is 5.56 Å². The zero-order valence-electron chi connectivity index (χ0n) is 18.8. The van der Waals surface area contributed by atoms with Crippen molar-refractivity contribution < 1.29 is 0 Å². The Morgan fingerprint density at radius 2 is 1.66 bits per heavy atom. The Morgan fingerprint density at radius 3 is 2.41 bits per heavy atom. The lowest BCUT2D eigenvalue weighted by atomic mass is 9.86. The van der Waals surface area contributed by atoms with Gasteiger partial charge in [-0.1, -0.05) is 87.5 Å². The molecule has 0 amide bonds. The van der Waals surface area contributed by atoms with E-state index in [0.717, 1.165) is 26.4 Å². The highest BCUT2D eigenvalue weighted by Crippen LogP contribution is 2.36. The second-order valence-corrected chi connectivity index (χ2v) is 10.6. The van der Waals surface area contributed by atoms with E-state index in [0.29, 0.717) is 17.6 Å². The number of thiophene rings is 1. The minimum Gasteiger partial charge on any atom is -0.310 e. The predicted octanol–water partition coefficient (Wildman–Crippen LogP) is 7.00. The second kappa shape index (κ2) is 7.72. The van der Waals surface area contributed by atoms with E-state index < -0.39 is 0 Å². The first-order chi connectivity index (χ1) is 15.3. The van der Waals surface area contributed by atoms with Gasteiger partial charge in [-0.25, -0.2) is 4.98 Å². The van der Waals surface area contributed by atoms with Crippen LogP contribution in [0.15, 0.2) is 71.5 Å². The standard InChI is InChI=1S/C28H26N2OS/c1-17-24(19-12-14-21(15-13-19)28(2,3)4)25-26(31)29-23(30-27(25)32-17)16-20-10-7-9-18-8-5-6-11-22(18)20/h5-15H,16H2,1-4H3,(H,29,30,31). The van der Waals surface area contributed by atoms with E-state index in [4.69, 9.17) is 4.98 Å². The number of H-pyrrole nitrogens is 1. The summed E-state index contributed by atoms with van der Waals surface area (Å²) in [5, 5.41) is 3.08. The quantitative estimate of drug-likeness (QED) is 0.329. The van der Waals surface area contributed by atoms with Gasteiger partial charge in [0.1, 0.15) is 10.7 Å². The zero-order chi connectivity index (χ0) is 22.5. The molecule has 160 valence electrons. The molecule has 0 saturated heterocycles. The normalized spacial score (nSPS) is 12.0. The van der Waals surface area contributed by atoms with Crippen LogP contribution in [0.5, 0.6) is 0 Å². The number of aryl methyl sites for hydroxylation is 1. The van der Waals surface area contributed by atoms with E-state index in [1.807, 2.05) is 12.1 Å². The molecule has 32 heavy (non-hydrogen) atoms. The van der Waals surface area contributed by atoms with Crippen molar-refractivity contribution in [2.45, 2.75) is 39.5 Å². The Kier molecular flexibility index (Phi) is 4.98. The summed E-state index contributed by atoms with van der Waals surface area (Å²) in [6.07, 6.45) is 0.596. The van der Waals surface area contributed by atoms with Gasteiger partial charge >= 0.3 is 0 Å². The van der Waals surface area contributed by atoms with Gasteiger partial charge in [-0.3, -0.25) is 4.79 Å². The van der Waals surface area contributed by atoms with Crippen LogP contribution >= 0.6 is 11.3 Å². The van der Waals surface area contributed by atoms with Crippen LogP contribution in [-0.4, -0.2) is 9.97 Å². The maximum absolute atomic E-state index is 13.2. The Morgan fingerprint density at radius 1 is 0.938 bits per heavy atom. The monoisotopic (exact) mass is 438 g/mol. The number of nitrogens with one attached hydrogen (secondary N) is 1. The topological polar surface area (TPSA) is 45.8 Å². The molecule has 0 spiro atoms. The van der Waals surface area contributed by atoms with Gasteiger partial charge in [-0.05, 0) is 39.8 Å². The van der Waals surface area contributed by atoms with Crippen molar-refractivity contribution >= 4 is 32.3 Å². The Labute approximate surface area is 191 Å². The number of aromatic amines is 1. The number of hydrogen-bond donors (Lipinski definition) is 1. The lowest BCUT2D eigenvalue weighted by Gasteiger charge is -2.19. The Balaban J connectivity index is 1.58. The molecule has 2 heterocycles. The van der Waals surface area contributed by atoms with Gasteiger partial charge in [-0.15, -0.1) is 11.3 Å². The molecule has 0 radical (unpaired) electrons. The third-order valence-corrected chi connectivity index (χ3v) is 7.06. The summed E-state index contributed by atoms with van der Waals surface area (Å²) < 4.78 is 0. The molecule has 3 aromatic carbocycles. The highest BCUT2D eigenvalue weighted by atomic mass is 32.1. The van der Waals surface area contributed by atoms with Crippen molar-refractivity contribution in [3.8, 4) is 11.1 Å². The van der Waals surface area contributed by atoms with Crippen LogP contribution in [0.3, 0.4) is 0 Å². The number of benzene rings is 3. The predicted molar refractivity (Wildman–Crippen MR) is 136 cm³/mol. The van der Waals surface area contributed by atoms with Crippen LogP contribution in [0.4, 0.5) is 0 Å². The fraction of sp³-hybridized carbons (Fsp3) is 0.214. The SMILES string of the molecule is Cc1sc2nc(Cc3cccc4ccccc34)[nH]c(=O)c2c1-c1ccc(C(C)(C)C)cc1. The summed E-state index contributed by atoms with van der Waals surface area (Å²) in [5.41, 5.74) is 4.54. The van der Waals surface area contributed by atoms with Gasteiger partial charge < -0.3 is 4.98 Å². The van der Waals surface area contributed by atoms with E-state index in [2.05, 4.69) is 87.3 Å². The molecular weight excluding hydrogens is 412 g/mol. The molecule has 5 rings (SSSR count). The summed E-state index contributed by atoms with van der Waals surface area (Å²) in [4.78, 5) is 23.0. The first kappa shape index (κ1) is 20.7. The first-order valence-electron chi connectivity index (χ1n) is 10.9. The molecule has 1 N–H and O–H groups in total. The van der Waals surface area contributed by atoms with Crippen molar-refractivity contribution in [2.24, 2.45) is 0 Å². The molecular formula is C28H26N2OS. The van der Waals surface area contributed by atoms with Crippen LogP contribution in [0.2, 0.25) is 0 Å². The molecule has 5 aromatic rings. The molecule has 0 bridgehead atoms. The van der Waals surface area contributed by atoms with Crippen molar-refractivity contribution in [1.29, 1.82) is 0 Å². The minimum absolute atomic E-state index is 0.0653. The third kappa shape index (κ3) is 3.65. The fourth-order valence-corrected chi connectivity index (χ4v) is 5.42. The number of aromatic nitrogens is 2. The summed E-state index contributed by atoms with van der Waals surface area (Å²) >= 11 is 1.59. The molecule has 0 aliphatic heterocycles. The van der Waals surface area contributed by atoms with E-state index >= 15 is 0 Å². The van der Waals surface area contributed by atoms with Crippen molar-refractivity contribution in [3.63, 3.8) is 0 Å². The molecule has 0 saturated carbocycles. The highest BCUT2D eigenvalue weighted by molar-refractivity contribution is 7.19. The lowest BCUT2D eigenvalue weighted by molar-refractivity contribution is 0.590. The first-order valence-corrected chi connectivity index (χ1v) is 11.7. The van der Waals surface area contributed by atoms with Crippen LogP contribution in [0.25, 0.3) is 32.1 Å². The van der Waals surface area contributed by atoms with Crippen LogP contribution in [0, 0.1) is 6.92 Å². The maximum atomic E-state index is 13.2. The molecule has 3 nitrogen and oxygen atoms in total. The minimum atomic E-state index is -0.0653. The van der Waals surface area contributed by atoms with Gasteiger partial charge in [-0.2, -0.15) is 0 Å². The molecule has 0 unspecified atom stereocenters. The van der Waals surface area contributed by atoms with E-state index in [1.54, 1.807) is 11.3 Å². The van der Waals surface area contributed by atoms with E-state index in [9.17, 15) is 4.79 Å².